The highest BCUT2D eigenvalue weighted by Gasteiger charge is 2.08. The first-order valence-corrected chi connectivity index (χ1v) is 7.28. The molecule has 102 valence electrons. The molecule has 0 atom stereocenters. The molecule has 0 saturated carbocycles. The number of aryl methyl sites for hydroxylation is 1. The van der Waals surface area contributed by atoms with Gasteiger partial charge in [-0.1, -0.05) is 35.8 Å². The number of ether oxygens (including phenoxy) is 1. The van der Waals surface area contributed by atoms with Gasteiger partial charge in [-0.2, -0.15) is 5.26 Å². The van der Waals surface area contributed by atoms with Crippen LogP contribution >= 0.6 is 15.9 Å². The van der Waals surface area contributed by atoms with Crippen molar-refractivity contribution in [2.24, 2.45) is 0 Å². The van der Waals surface area contributed by atoms with Crippen molar-refractivity contribution >= 4 is 15.9 Å². The van der Waals surface area contributed by atoms with Crippen LogP contribution in [0.3, 0.4) is 0 Å². The van der Waals surface area contributed by atoms with Crippen molar-refractivity contribution in [2.75, 3.05) is 0 Å². The van der Waals surface area contributed by atoms with E-state index in [-0.39, 0.29) is 0 Å². The first kappa shape index (κ1) is 14.6. The summed E-state index contributed by atoms with van der Waals surface area (Å²) < 4.78 is 6.70. The van der Waals surface area contributed by atoms with Crippen molar-refractivity contribution in [1.29, 1.82) is 5.26 Å². The molecule has 3 heteroatoms. The number of benzene rings is 2. The van der Waals surface area contributed by atoms with Gasteiger partial charge in [0.05, 0.1) is 5.56 Å². The van der Waals surface area contributed by atoms with Crippen molar-refractivity contribution in [3.63, 3.8) is 0 Å². The summed E-state index contributed by atoms with van der Waals surface area (Å²) in [5, 5.41) is 9.14. The van der Waals surface area contributed by atoms with Gasteiger partial charge in [-0.3, -0.25) is 0 Å². The van der Waals surface area contributed by atoms with E-state index in [1.165, 1.54) is 11.1 Å². The van der Waals surface area contributed by atoms with Crippen molar-refractivity contribution in [1.82, 2.24) is 0 Å². The fourth-order valence-corrected chi connectivity index (χ4v) is 2.53. The monoisotopic (exact) mass is 329 g/mol. The van der Waals surface area contributed by atoms with Crippen molar-refractivity contribution in [2.45, 2.75) is 26.7 Å². The lowest BCUT2D eigenvalue weighted by Gasteiger charge is -2.13. The Morgan fingerprint density at radius 2 is 1.90 bits per heavy atom. The third kappa shape index (κ3) is 3.20. The van der Waals surface area contributed by atoms with E-state index in [4.69, 9.17) is 10.00 Å². The summed E-state index contributed by atoms with van der Waals surface area (Å²) in [6, 6.07) is 13.6. The molecule has 0 N–H and O–H groups in total. The van der Waals surface area contributed by atoms with Gasteiger partial charge in [-0.05, 0) is 54.3 Å². The molecule has 0 aromatic heterocycles. The highest BCUT2D eigenvalue weighted by molar-refractivity contribution is 9.10. The summed E-state index contributed by atoms with van der Waals surface area (Å²) in [5.41, 5.74) is 3.03. The molecule has 0 heterocycles. The standard InChI is InChI=1S/C17H16BrNO/c1-11(2)16-6-5-15(8-12(16)3)20-17-7-4-14(18)9-13(17)10-19/h4-9,11H,1-3H3. The maximum Gasteiger partial charge on any atom is 0.145 e. The number of rotatable bonds is 3. The molecular formula is C17H16BrNO. The van der Waals surface area contributed by atoms with E-state index in [1.807, 2.05) is 18.2 Å². The maximum absolute atomic E-state index is 9.14. The largest absolute Gasteiger partial charge is 0.456 e. The van der Waals surface area contributed by atoms with Crippen LogP contribution in [0.2, 0.25) is 0 Å². The molecule has 0 aliphatic carbocycles. The van der Waals surface area contributed by atoms with Crippen molar-refractivity contribution in [3.8, 4) is 17.6 Å². The van der Waals surface area contributed by atoms with Gasteiger partial charge in [0.2, 0.25) is 0 Å². The highest BCUT2D eigenvalue weighted by Crippen LogP contribution is 2.30. The summed E-state index contributed by atoms with van der Waals surface area (Å²) in [6.45, 7) is 6.42. The van der Waals surface area contributed by atoms with Crippen LogP contribution in [0, 0.1) is 18.3 Å². The normalized spacial score (nSPS) is 10.4. The van der Waals surface area contributed by atoms with Crippen molar-refractivity contribution in [3.05, 3.63) is 57.6 Å². The van der Waals surface area contributed by atoms with Crippen LogP contribution in [0.5, 0.6) is 11.5 Å². The molecule has 20 heavy (non-hydrogen) atoms. The Labute approximate surface area is 128 Å². The predicted octanol–water partition coefficient (Wildman–Crippen LogP) is 5.54. The van der Waals surface area contributed by atoms with Gasteiger partial charge >= 0.3 is 0 Å². The Morgan fingerprint density at radius 1 is 1.15 bits per heavy atom. The summed E-state index contributed by atoms with van der Waals surface area (Å²) in [6.07, 6.45) is 0. The van der Waals surface area contributed by atoms with Gasteiger partial charge in [0.1, 0.15) is 17.6 Å². The lowest BCUT2D eigenvalue weighted by molar-refractivity contribution is 0.480. The second-order valence-electron chi connectivity index (χ2n) is 5.03. The van der Waals surface area contributed by atoms with Crippen LogP contribution in [0.25, 0.3) is 0 Å². The smallest absolute Gasteiger partial charge is 0.145 e. The molecule has 0 aliphatic rings. The molecule has 2 aromatic rings. The summed E-state index contributed by atoms with van der Waals surface area (Å²) >= 11 is 3.35. The van der Waals surface area contributed by atoms with Crippen LogP contribution < -0.4 is 4.74 Å². The molecule has 2 nitrogen and oxygen atoms in total. The minimum absolute atomic E-state index is 0.492. The lowest BCUT2D eigenvalue weighted by atomic mass is 9.98. The van der Waals surface area contributed by atoms with E-state index in [1.54, 1.807) is 12.1 Å². The molecule has 0 amide bonds. The molecule has 0 saturated heterocycles. The topological polar surface area (TPSA) is 33.0 Å². The first-order valence-electron chi connectivity index (χ1n) is 6.49. The fraction of sp³-hybridized carbons (Fsp3) is 0.235. The van der Waals surface area contributed by atoms with Crippen LogP contribution in [-0.2, 0) is 0 Å². The van der Waals surface area contributed by atoms with Gasteiger partial charge in [-0.15, -0.1) is 0 Å². The van der Waals surface area contributed by atoms with E-state index >= 15 is 0 Å². The second kappa shape index (κ2) is 6.11. The van der Waals surface area contributed by atoms with E-state index in [0.717, 1.165) is 10.2 Å². The third-order valence-electron chi connectivity index (χ3n) is 3.15. The highest BCUT2D eigenvalue weighted by atomic mass is 79.9. The summed E-state index contributed by atoms with van der Waals surface area (Å²) in [5.74, 6) is 1.82. The molecule has 0 bridgehead atoms. The second-order valence-corrected chi connectivity index (χ2v) is 5.94. The minimum atomic E-state index is 0.492. The molecular weight excluding hydrogens is 314 g/mol. The van der Waals surface area contributed by atoms with E-state index in [9.17, 15) is 0 Å². The quantitative estimate of drug-likeness (QED) is 0.740. The van der Waals surface area contributed by atoms with Crippen LogP contribution in [0.4, 0.5) is 0 Å². The fourth-order valence-electron chi connectivity index (χ4n) is 2.17. The Morgan fingerprint density at radius 3 is 2.50 bits per heavy atom. The van der Waals surface area contributed by atoms with E-state index in [2.05, 4.69) is 48.8 Å². The number of halogens is 1. The summed E-state index contributed by atoms with van der Waals surface area (Å²) in [4.78, 5) is 0. The van der Waals surface area contributed by atoms with Crippen LogP contribution in [-0.4, -0.2) is 0 Å². The maximum atomic E-state index is 9.14. The average molecular weight is 330 g/mol. The predicted molar refractivity (Wildman–Crippen MR) is 84.2 cm³/mol. The van der Waals surface area contributed by atoms with Gasteiger partial charge < -0.3 is 4.74 Å². The molecule has 2 rings (SSSR count). The number of hydrogen-bond donors (Lipinski definition) is 0. The van der Waals surface area contributed by atoms with Gasteiger partial charge in [-0.25, -0.2) is 0 Å². The molecule has 2 aromatic carbocycles. The molecule has 0 spiro atoms. The lowest BCUT2D eigenvalue weighted by Crippen LogP contribution is -1.94. The van der Waals surface area contributed by atoms with Gasteiger partial charge in [0.15, 0.2) is 0 Å². The zero-order chi connectivity index (χ0) is 14.7. The average Bonchev–Trinajstić information content (AvgIpc) is 2.40. The number of nitrogens with zero attached hydrogens (tertiary/aromatic N) is 1. The number of nitriles is 1. The Bertz CT molecular complexity index is 671. The third-order valence-corrected chi connectivity index (χ3v) is 3.65. The van der Waals surface area contributed by atoms with E-state index in [0.29, 0.717) is 17.2 Å². The Balaban J connectivity index is 2.32. The van der Waals surface area contributed by atoms with Crippen LogP contribution in [0.15, 0.2) is 40.9 Å². The van der Waals surface area contributed by atoms with Crippen LogP contribution in [0.1, 0.15) is 36.5 Å². The molecule has 0 radical (unpaired) electrons. The number of hydrogen-bond acceptors (Lipinski definition) is 2. The van der Waals surface area contributed by atoms with E-state index < -0.39 is 0 Å². The minimum Gasteiger partial charge on any atom is -0.456 e. The Hall–Kier alpha value is -1.79. The molecule has 0 aliphatic heterocycles. The SMILES string of the molecule is Cc1cc(Oc2ccc(Br)cc2C#N)ccc1C(C)C. The van der Waals surface area contributed by atoms with Gasteiger partial charge in [0, 0.05) is 4.47 Å². The summed E-state index contributed by atoms with van der Waals surface area (Å²) in [7, 11) is 0. The van der Waals surface area contributed by atoms with Crippen molar-refractivity contribution < 1.29 is 4.74 Å². The molecule has 0 unspecified atom stereocenters. The first-order chi connectivity index (χ1) is 9.51. The zero-order valence-corrected chi connectivity index (χ0v) is 13.4. The van der Waals surface area contributed by atoms with Gasteiger partial charge in [0.25, 0.3) is 0 Å². The Kier molecular flexibility index (Phi) is 4.46. The zero-order valence-electron chi connectivity index (χ0n) is 11.8. The molecule has 0 fully saturated rings.